The summed E-state index contributed by atoms with van der Waals surface area (Å²) in [5, 5.41) is 13.6. The van der Waals surface area contributed by atoms with E-state index in [1.54, 1.807) is 7.11 Å². The number of benzene rings is 1. The molecule has 1 rings (SSSR count). The molecular weight excluding hydrogens is 568 g/mol. The third kappa shape index (κ3) is 22.2. The number of hydrogen-bond acceptors (Lipinski definition) is 11. The van der Waals surface area contributed by atoms with Gasteiger partial charge in [0.2, 0.25) is 0 Å². The maximum absolute atomic E-state index is 10.3. The van der Waals surface area contributed by atoms with Crippen molar-refractivity contribution in [3.63, 3.8) is 0 Å². The Balaban J connectivity index is 2.08. The molecule has 1 aromatic rings. The minimum absolute atomic E-state index is 0.0169. The first kappa shape index (κ1) is 40.6. The molecule has 0 saturated carbocycles. The Kier molecular flexibility index (Phi) is 22.9. The lowest BCUT2D eigenvalue weighted by atomic mass is 10.1. The van der Waals surface area contributed by atoms with Gasteiger partial charge in [0.15, 0.2) is 0 Å². The number of nitrogens with two attached hydrogens (primary N) is 1. The number of aliphatic hydroxyl groups is 1. The first-order valence-corrected chi connectivity index (χ1v) is 16.0. The summed E-state index contributed by atoms with van der Waals surface area (Å²) in [5.74, 6) is 0.735. The highest BCUT2D eigenvalue weighted by Crippen LogP contribution is 2.13. The molecule has 1 aromatic carbocycles. The molecule has 0 bridgehead atoms. The van der Waals surface area contributed by atoms with Crippen LogP contribution in [-0.4, -0.2) is 127 Å². The van der Waals surface area contributed by atoms with Crippen LogP contribution in [-0.2, 0) is 39.6 Å². The fraction of sp³-hybridized carbons (Fsp3) is 0.818. The van der Waals surface area contributed by atoms with Gasteiger partial charge in [0.05, 0.1) is 83.4 Å². The Morgan fingerprint density at radius 2 is 1.14 bits per heavy atom. The minimum Gasteiger partial charge on any atom is -0.491 e. The van der Waals surface area contributed by atoms with E-state index in [1.165, 1.54) is 5.56 Å². The smallest absolute Gasteiger partial charge is 0.119 e. The molecule has 0 fully saturated rings. The lowest BCUT2D eigenvalue weighted by Crippen LogP contribution is -2.39. The third-order valence-electron chi connectivity index (χ3n) is 6.49. The van der Waals surface area contributed by atoms with Crippen molar-refractivity contribution in [3.8, 4) is 5.75 Å². The zero-order valence-electron chi connectivity index (χ0n) is 28.5. The lowest BCUT2D eigenvalue weighted by molar-refractivity contribution is -0.0999. The second-order valence-corrected chi connectivity index (χ2v) is 11.9. The van der Waals surface area contributed by atoms with Crippen molar-refractivity contribution < 1.29 is 43.0 Å². The normalized spacial score (nSPS) is 17.4. The van der Waals surface area contributed by atoms with Crippen LogP contribution in [0.3, 0.4) is 0 Å². The van der Waals surface area contributed by atoms with E-state index in [9.17, 15) is 5.11 Å². The molecule has 11 nitrogen and oxygen atoms in total. The number of hydrogen-bond donors (Lipinski definition) is 3. The van der Waals surface area contributed by atoms with Crippen LogP contribution in [0.15, 0.2) is 24.3 Å². The molecule has 0 aliphatic carbocycles. The monoisotopic (exact) mass is 630 g/mol. The maximum atomic E-state index is 10.3. The Morgan fingerprint density at radius 1 is 0.659 bits per heavy atom. The standard InChI is InChI=1S/C33H62N2O9/c1-24(34)16-38-18-26(3)40-20-28(5)42-22-30(7)43-21-29(6)41-19-27(4)39-17-25(2)35-15-32(36)23-44-33-11-9-31(10-12-33)13-14-37-8/h9-12,24-30,32,35-36H,13-23,34H2,1-8H3. The Morgan fingerprint density at radius 3 is 1.61 bits per heavy atom. The number of methoxy groups -OCH3 is 1. The number of nitrogens with one attached hydrogen (secondary N) is 1. The average Bonchev–Trinajstić information content (AvgIpc) is 3.00. The van der Waals surface area contributed by atoms with Crippen LogP contribution in [0, 0.1) is 0 Å². The quantitative estimate of drug-likeness (QED) is 0.126. The third-order valence-corrected chi connectivity index (χ3v) is 6.49. The van der Waals surface area contributed by atoms with Crippen molar-refractivity contribution >= 4 is 0 Å². The summed E-state index contributed by atoms with van der Waals surface area (Å²) in [6.07, 6.45) is -0.0490. The minimum atomic E-state index is -0.629. The molecular formula is C33H62N2O9. The Labute approximate surface area is 266 Å². The molecule has 11 heteroatoms. The first-order chi connectivity index (χ1) is 21.0. The summed E-state index contributed by atoms with van der Waals surface area (Å²) < 4.78 is 45.7. The second kappa shape index (κ2) is 24.8. The molecule has 0 aliphatic heterocycles. The molecule has 4 N–H and O–H groups in total. The van der Waals surface area contributed by atoms with Gasteiger partial charge in [-0.1, -0.05) is 12.1 Å². The van der Waals surface area contributed by atoms with Gasteiger partial charge in [-0.15, -0.1) is 0 Å². The molecule has 0 heterocycles. The van der Waals surface area contributed by atoms with Crippen LogP contribution in [0.5, 0.6) is 5.75 Å². The van der Waals surface area contributed by atoms with Crippen molar-refractivity contribution in [2.45, 2.75) is 104 Å². The summed E-state index contributed by atoms with van der Waals surface area (Å²) in [5.41, 5.74) is 6.87. The van der Waals surface area contributed by atoms with Crippen molar-refractivity contribution in [2.75, 3.05) is 73.1 Å². The zero-order chi connectivity index (χ0) is 32.7. The largest absolute Gasteiger partial charge is 0.491 e. The average molecular weight is 631 g/mol. The fourth-order valence-electron chi connectivity index (χ4n) is 3.79. The predicted octanol–water partition coefficient (Wildman–Crippen LogP) is 2.98. The highest BCUT2D eigenvalue weighted by atomic mass is 16.6. The molecule has 8 unspecified atom stereocenters. The van der Waals surface area contributed by atoms with Gasteiger partial charge in [-0.3, -0.25) is 0 Å². The van der Waals surface area contributed by atoms with E-state index in [-0.39, 0.29) is 49.2 Å². The topological polar surface area (TPSA) is 132 Å². The molecule has 0 aliphatic rings. The summed E-state index contributed by atoms with van der Waals surface area (Å²) in [7, 11) is 1.69. The van der Waals surface area contributed by atoms with Gasteiger partial charge < -0.3 is 54.1 Å². The summed E-state index contributed by atoms with van der Waals surface area (Å²) >= 11 is 0. The van der Waals surface area contributed by atoms with Crippen LogP contribution in [0.4, 0.5) is 0 Å². The van der Waals surface area contributed by atoms with Crippen LogP contribution < -0.4 is 15.8 Å². The van der Waals surface area contributed by atoms with E-state index < -0.39 is 6.10 Å². The van der Waals surface area contributed by atoms with Gasteiger partial charge in [0.25, 0.3) is 0 Å². The second-order valence-electron chi connectivity index (χ2n) is 11.9. The van der Waals surface area contributed by atoms with Gasteiger partial charge in [-0.2, -0.15) is 0 Å². The van der Waals surface area contributed by atoms with Crippen molar-refractivity contribution in [3.05, 3.63) is 29.8 Å². The van der Waals surface area contributed by atoms with Crippen LogP contribution in [0.2, 0.25) is 0 Å². The highest BCUT2D eigenvalue weighted by molar-refractivity contribution is 5.27. The molecule has 8 atom stereocenters. The highest BCUT2D eigenvalue weighted by Gasteiger charge is 2.14. The number of rotatable bonds is 28. The molecule has 0 radical (unpaired) electrons. The van der Waals surface area contributed by atoms with Crippen LogP contribution in [0.25, 0.3) is 0 Å². The fourth-order valence-corrected chi connectivity index (χ4v) is 3.79. The predicted molar refractivity (Wildman–Crippen MR) is 173 cm³/mol. The van der Waals surface area contributed by atoms with E-state index >= 15 is 0 Å². The zero-order valence-corrected chi connectivity index (χ0v) is 28.5. The van der Waals surface area contributed by atoms with E-state index in [0.717, 1.165) is 12.2 Å². The maximum Gasteiger partial charge on any atom is 0.119 e. The van der Waals surface area contributed by atoms with E-state index in [0.29, 0.717) is 59.4 Å². The molecule has 0 saturated heterocycles. The van der Waals surface area contributed by atoms with Gasteiger partial charge >= 0.3 is 0 Å². The van der Waals surface area contributed by atoms with Crippen molar-refractivity contribution in [2.24, 2.45) is 5.73 Å². The van der Waals surface area contributed by atoms with Gasteiger partial charge in [-0.25, -0.2) is 0 Å². The molecule has 0 amide bonds. The molecule has 258 valence electrons. The van der Waals surface area contributed by atoms with Crippen molar-refractivity contribution in [1.82, 2.24) is 5.32 Å². The van der Waals surface area contributed by atoms with E-state index in [1.807, 2.05) is 72.7 Å². The number of ether oxygens (including phenoxy) is 8. The van der Waals surface area contributed by atoms with Crippen molar-refractivity contribution in [1.29, 1.82) is 0 Å². The SMILES string of the molecule is COCCc1ccc(OCC(O)CNC(C)COC(C)COC(C)COC(C)COC(C)COC(C)COCC(C)N)cc1. The van der Waals surface area contributed by atoms with Gasteiger partial charge in [0, 0.05) is 25.7 Å². The van der Waals surface area contributed by atoms with E-state index in [2.05, 4.69) is 5.32 Å². The molecule has 0 spiro atoms. The first-order valence-electron chi connectivity index (χ1n) is 16.0. The molecule has 0 aromatic heterocycles. The summed E-state index contributed by atoms with van der Waals surface area (Å²) in [4.78, 5) is 0. The Bertz CT molecular complexity index is 802. The summed E-state index contributed by atoms with van der Waals surface area (Å²) in [6.45, 7) is 18.6. The van der Waals surface area contributed by atoms with E-state index in [4.69, 9.17) is 43.6 Å². The van der Waals surface area contributed by atoms with Gasteiger partial charge in [-0.05, 0) is 72.6 Å². The Hall–Kier alpha value is -1.38. The van der Waals surface area contributed by atoms with Crippen LogP contribution in [0.1, 0.15) is 54.0 Å². The summed E-state index contributed by atoms with van der Waals surface area (Å²) in [6, 6.07) is 7.94. The number of aliphatic hydroxyl groups excluding tert-OH is 1. The van der Waals surface area contributed by atoms with Gasteiger partial charge in [0.1, 0.15) is 18.5 Å². The molecule has 44 heavy (non-hydrogen) atoms. The lowest BCUT2D eigenvalue weighted by Gasteiger charge is -2.23. The van der Waals surface area contributed by atoms with Crippen LogP contribution >= 0.6 is 0 Å².